The van der Waals surface area contributed by atoms with Crippen LogP contribution in [0.15, 0.2) is 119 Å². The van der Waals surface area contributed by atoms with Gasteiger partial charge in [0.05, 0.1) is 11.5 Å². The van der Waals surface area contributed by atoms with Crippen molar-refractivity contribution < 1.29 is 25.1 Å². The van der Waals surface area contributed by atoms with Crippen LogP contribution in [0.3, 0.4) is 0 Å². The Morgan fingerprint density at radius 2 is 1.05 bits per heavy atom. The molecule has 0 aliphatic rings. The van der Waals surface area contributed by atoms with Gasteiger partial charge in [-0.1, -0.05) is 107 Å². The molecule has 3 N–H and O–H groups in total. The summed E-state index contributed by atoms with van der Waals surface area (Å²) < 4.78 is 0. The highest BCUT2D eigenvalue weighted by molar-refractivity contribution is 5.88. The lowest BCUT2D eigenvalue weighted by Crippen LogP contribution is -2.80. The van der Waals surface area contributed by atoms with E-state index in [-0.39, 0.29) is 11.1 Å². The summed E-state index contributed by atoms with van der Waals surface area (Å²) in [6.07, 6.45) is 0. The third-order valence-corrected chi connectivity index (χ3v) is 4.98. The predicted molar refractivity (Wildman–Crippen MR) is 144 cm³/mol. The first-order valence-electron chi connectivity index (χ1n) is 11.6. The average molecular weight is 524 g/mol. The fourth-order valence-corrected chi connectivity index (χ4v) is 3.07. The van der Waals surface area contributed by atoms with Crippen molar-refractivity contribution in [3.8, 4) is 0 Å². The number of carboxylic acid groups (broad SMARTS) is 2. The molecule has 4 aromatic carbocycles. The largest absolute Gasteiger partial charge is 0.545 e. The Morgan fingerprint density at radius 1 is 0.667 bits per heavy atom. The van der Waals surface area contributed by atoms with Crippen LogP contribution in [0.1, 0.15) is 31.8 Å². The first-order valence-corrected chi connectivity index (χ1v) is 11.6. The van der Waals surface area contributed by atoms with E-state index in [1.807, 2.05) is 0 Å². The molecule has 0 aliphatic heterocycles. The van der Waals surface area contributed by atoms with Gasteiger partial charge in [0, 0.05) is 32.3 Å². The van der Waals surface area contributed by atoms with Crippen LogP contribution in [0, 0.1) is 0 Å². The minimum Gasteiger partial charge on any atom is -0.545 e. The Kier molecular flexibility index (Phi) is 12.9. The third-order valence-electron chi connectivity index (χ3n) is 4.98. The van der Waals surface area contributed by atoms with Crippen molar-refractivity contribution in [2.75, 3.05) is 0 Å². The van der Waals surface area contributed by atoms with Gasteiger partial charge >= 0.3 is 5.97 Å². The highest BCUT2D eigenvalue weighted by Gasteiger charge is 2.00. The van der Waals surface area contributed by atoms with Crippen LogP contribution in [0.4, 0.5) is 11.4 Å². The zero-order valence-corrected chi connectivity index (χ0v) is 20.7. The molecule has 196 valence electrons. The van der Waals surface area contributed by atoms with Crippen LogP contribution in [0.2, 0.25) is 0 Å². The molecule has 0 unspecified atom stereocenters. The number of azide groups is 2. The van der Waals surface area contributed by atoms with Gasteiger partial charge in [-0.3, -0.25) is 0 Å². The standard InChI is InChI=1S/C14H15N.2C7H5N3O2/c1-3-7-13(8-4-1)11-15-12-14-9-5-2-6-10-14;2*8-10-9-6-3-1-5(2-4-6)7(11)12/h1-10,15H,11-12H2;2*1-4H,(H,11,12). The number of carbonyl (C=O) groups excluding carboxylic acids is 1. The van der Waals surface area contributed by atoms with Gasteiger partial charge in [0.25, 0.3) is 0 Å². The zero-order valence-electron chi connectivity index (χ0n) is 20.7. The highest BCUT2D eigenvalue weighted by Crippen LogP contribution is 2.13. The van der Waals surface area contributed by atoms with Crippen molar-refractivity contribution in [3.05, 3.63) is 152 Å². The summed E-state index contributed by atoms with van der Waals surface area (Å²) in [7, 11) is 0. The summed E-state index contributed by atoms with van der Waals surface area (Å²) in [5.74, 6) is -2.25. The van der Waals surface area contributed by atoms with Crippen LogP contribution < -0.4 is 10.4 Å². The molecule has 4 rings (SSSR count). The van der Waals surface area contributed by atoms with Crippen LogP contribution >= 0.6 is 0 Å². The molecule has 0 radical (unpaired) electrons. The average Bonchev–Trinajstić information content (AvgIpc) is 2.96. The molecule has 0 bridgehead atoms. The number of quaternary nitrogens is 1. The van der Waals surface area contributed by atoms with Crippen molar-refractivity contribution in [1.82, 2.24) is 0 Å². The fraction of sp³-hybridized carbons (Fsp3) is 0.0714. The molecule has 4 aromatic rings. The van der Waals surface area contributed by atoms with Crippen LogP contribution in [0.25, 0.3) is 20.9 Å². The van der Waals surface area contributed by atoms with E-state index in [0.29, 0.717) is 11.4 Å². The second-order valence-corrected chi connectivity index (χ2v) is 7.73. The third kappa shape index (κ3) is 11.8. The number of rotatable bonds is 8. The number of nitrogens with zero attached hydrogens (tertiary/aromatic N) is 6. The second kappa shape index (κ2) is 17.0. The molecule has 0 amide bonds. The van der Waals surface area contributed by atoms with E-state index in [0.717, 1.165) is 13.1 Å². The second-order valence-electron chi connectivity index (χ2n) is 7.73. The van der Waals surface area contributed by atoms with Crippen LogP contribution in [0.5, 0.6) is 0 Å². The quantitative estimate of drug-likeness (QED) is 0.181. The van der Waals surface area contributed by atoms with E-state index >= 15 is 0 Å². The Morgan fingerprint density at radius 3 is 1.38 bits per heavy atom. The normalized spacial score (nSPS) is 9.23. The summed E-state index contributed by atoms with van der Waals surface area (Å²) in [6.45, 7) is 2.10. The number of hydrogen-bond donors (Lipinski definition) is 2. The Hall–Kier alpha value is -5.60. The smallest absolute Gasteiger partial charge is 0.335 e. The van der Waals surface area contributed by atoms with Crippen LogP contribution in [-0.4, -0.2) is 17.0 Å². The summed E-state index contributed by atoms with van der Waals surface area (Å²) >= 11 is 0. The molecule has 0 atom stereocenters. The lowest BCUT2D eigenvalue weighted by Gasteiger charge is -2.01. The molecule has 0 saturated heterocycles. The van der Waals surface area contributed by atoms with Crippen molar-refractivity contribution in [2.45, 2.75) is 13.1 Å². The Balaban J connectivity index is 0.000000207. The molecule has 0 fully saturated rings. The molecule has 0 heterocycles. The van der Waals surface area contributed by atoms with Gasteiger partial charge in [-0.25, -0.2) is 4.79 Å². The van der Waals surface area contributed by atoms with E-state index in [1.54, 1.807) is 0 Å². The van der Waals surface area contributed by atoms with Gasteiger partial charge in [0.2, 0.25) is 0 Å². The fourth-order valence-electron chi connectivity index (χ4n) is 3.07. The van der Waals surface area contributed by atoms with E-state index in [9.17, 15) is 14.7 Å². The Bertz CT molecular complexity index is 1260. The maximum absolute atomic E-state index is 10.4. The number of hydrogen-bond acceptors (Lipinski definition) is 5. The topological polar surface area (TPSA) is 192 Å². The van der Waals surface area contributed by atoms with Crippen molar-refractivity contribution in [2.24, 2.45) is 10.2 Å². The van der Waals surface area contributed by atoms with Gasteiger partial charge in [0.1, 0.15) is 13.1 Å². The minimum absolute atomic E-state index is 0.0619. The molecule has 0 aromatic heterocycles. The molecule has 0 aliphatic carbocycles. The molecular formula is C28H25N7O4. The minimum atomic E-state index is -1.25. The van der Waals surface area contributed by atoms with Gasteiger partial charge < -0.3 is 20.3 Å². The number of nitrogens with two attached hydrogens (primary N) is 1. The van der Waals surface area contributed by atoms with Crippen molar-refractivity contribution in [1.29, 1.82) is 0 Å². The number of benzene rings is 4. The van der Waals surface area contributed by atoms with Gasteiger partial charge in [0.15, 0.2) is 0 Å². The Labute approximate surface area is 224 Å². The van der Waals surface area contributed by atoms with E-state index in [2.05, 4.69) is 86.0 Å². The predicted octanol–water partition coefficient (Wildman–Crippen LogP) is 5.27. The summed E-state index contributed by atoms with van der Waals surface area (Å²) in [5.41, 5.74) is 19.9. The number of aromatic carboxylic acids is 2. The van der Waals surface area contributed by atoms with E-state index in [1.165, 1.54) is 59.7 Å². The van der Waals surface area contributed by atoms with Gasteiger partial charge in [-0.15, -0.1) is 0 Å². The highest BCUT2D eigenvalue weighted by atomic mass is 16.4. The van der Waals surface area contributed by atoms with Gasteiger partial charge in [-0.2, -0.15) is 0 Å². The molecule has 11 heteroatoms. The monoisotopic (exact) mass is 523 g/mol. The van der Waals surface area contributed by atoms with E-state index in [4.69, 9.17) is 16.2 Å². The lowest BCUT2D eigenvalue weighted by atomic mass is 10.2. The molecule has 11 nitrogen and oxygen atoms in total. The number of carboxylic acids is 2. The molecular weight excluding hydrogens is 498 g/mol. The van der Waals surface area contributed by atoms with Crippen LogP contribution in [-0.2, 0) is 13.1 Å². The SMILES string of the molecule is [N-]=[N+]=Nc1ccc(C(=O)O)cc1.[N-]=[N+]=Nc1ccc(C(=O)[O-])cc1.c1ccc(C[NH2+]Cc2ccccc2)cc1. The number of carbonyl (C=O) groups is 2. The maximum atomic E-state index is 10.4. The summed E-state index contributed by atoms with van der Waals surface area (Å²) in [5, 5.41) is 27.7. The maximum Gasteiger partial charge on any atom is 0.335 e. The molecule has 39 heavy (non-hydrogen) atoms. The molecule has 0 saturated carbocycles. The van der Waals surface area contributed by atoms with Crippen molar-refractivity contribution in [3.63, 3.8) is 0 Å². The van der Waals surface area contributed by atoms with Gasteiger partial charge in [-0.05, 0) is 28.8 Å². The first-order chi connectivity index (χ1) is 18.9. The molecule has 0 spiro atoms. The zero-order chi connectivity index (χ0) is 28.3. The summed E-state index contributed by atoms with van der Waals surface area (Å²) in [6, 6.07) is 32.3. The first kappa shape index (κ1) is 29.6. The summed E-state index contributed by atoms with van der Waals surface area (Å²) in [4.78, 5) is 25.7. The van der Waals surface area contributed by atoms with Crippen molar-refractivity contribution >= 4 is 23.3 Å². The van der Waals surface area contributed by atoms with E-state index < -0.39 is 11.9 Å². The lowest BCUT2D eigenvalue weighted by molar-refractivity contribution is -0.686.